The number of carbonyl (C=O) groups excluding carboxylic acids is 1. The van der Waals surface area contributed by atoms with Gasteiger partial charge in [-0.25, -0.2) is 4.98 Å². The van der Waals surface area contributed by atoms with Crippen molar-refractivity contribution >= 4 is 22.5 Å². The predicted octanol–water partition coefficient (Wildman–Crippen LogP) is 2.04. The monoisotopic (exact) mass is 282 g/mol. The lowest BCUT2D eigenvalue weighted by Crippen LogP contribution is -2.24. The number of pyridine rings is 1. The molecular formula is C15H14N4O2. The number of furan rings is 1. The number of anilines is 1. The maximum Gasteiger partial charge on any atom is 0.270 e. The summed E-state index contributed by atoms with van der Waals surface area (Å²) in [5.41, 5.74) is 5.17. The number of aromatic nitrogens is 1. The molecule has 0 aliphatic rings. The number of hydrogen-bond donors (Lipinski definition) is 3. The number of amides is 1. The lowest BCUT2D eigenvalue weighted by Gasteiger charge is -2.09. The number of rotatable bonds is 4. The largest absolute Gasteiger partial charge is 0.472 e. The normalized spacial score (nSPS) is 10.5. The van der Waals surface area contributed by atoms with Crippen molar-refractivity contribution in [2.45, 2.75) is 6.54 Å². The zero-order chi connectivity index (χ0) is 14.7. The van der Waals surface area contributed by atoms with Gasteiger partial charge in [0.2, 0.25) is 0 Å². The molecule has 6 heteroatoms. The van der Waals surface area contributed by atoms with Crippen LogP contribution in [0.25, 0.3) is 10.9 Å². The van der Waals surface area contributed by atoms with Crippen LogP contribution in [0.4, 0.5) is 5.69 Å². The molecular weight excluding hydrogens is 268 g/mol. The standard InChI is InChI=1S/C15H14N4O2/c16-19-13-7-14(18-12-4-2-1-3-11(12)13)15(20)17-8-10-5-6-21-9-10/h1-7,9H,8,16H2,(H,17,20)(H,18,19). The third-order valence-electron chi connectivity index (χ3n) is 3.14. The second-order valence-corrected chi connectivity index (χ2v) is 4.53. The van der Waals surface area contributed by atoms with E-state index < -0.39 is 0 Å². The summed E-state index contributed by atoms with van der Waals surface area (Å²) in [7, 11) is 0. The fraction of sp³-hybridized carbons (Fsp3) is 0.0667. The molecule has 0 atom stereocenters. The van der Waals surface area contributed by atoms with Crippen molar-refractivity contribution in [1.82, 2.24) is 10.3 Å². The summed E-state index contributed by atoms with van der Waals surface area (Å²) < 4.78 is 4.95. The Morgan fingerprint density at radius 2 is 2.14 bits per heavy atom. The Hall–Kier alpha value is -2.86. The Morgan fingerprint density at radius 3 is 2.90 bits per heavy atom. The van der Waals surface area contributed by atoms with Crippen molar-refractivity contribution in [3.8, 4) is 0 Å². The van der Waals surface area contributed by atoms with E-state index in [-0.39, 0.29) is 5.91 Å². The zero-order valence-corrected chi connectivity index (χ0v) is 11.2. The quantitative estimate of drug-likeness (QED) is 0.503. The molecule has 0 aliphatic carbocycles. The Morgan fingerprint density at radius 1 is 1.29 bits per heavy atom. The van der Waals surface area contributed by atoms with Gasteiger partial charge in [0, 0.05) is 17.5 Å². The van der Waals surface area contributed by atoms with E-state index in [1.165, 1.54) is 0 Å². The first-order valence-electron chi connectivity index (χ1n) is 6.43. The highest BCUT2D eigenvalue weighted by atomic mass is 16.3. The first kappa shape index (κ1) is 13.1. The van der Waals surface area contributed by atoms with Crippen molar-refractivity contribution in [2.75, 3.05) is 5.43 Å². The number of nitrogens with zero attached hydrogens (tertiary/aromatic N) is 1. The second-order valence-electron chi connectivity index (χ2n) is 4.53. The third-order valence-corrected chi connectivity index (χ3v) is 3.14. The van der Waals surface area contributed by atoms with Crippen molar-refractivity contribution in [3.63, 3.8) is 0 Å². The van der Waals surface area contributed by atoms with Crippen LogP contribution in [0.3, 0.4) is 0 Å². The predicted molar refractivity (Wildman–Crippen MR) is 79.4 cm³/mol. The van der Waals surface area contributed by atoms with E-state index in [4.69, 9.17) is 10.3 Å². The van der Waals surface area contributed by atoms with Gasteiger partial charge < -0.3 is 15.2 Å². The van der Waals surface area contributed by atoms with Gasteiger partial charge in [-0.05, 0) is 18.2 Å². The number of hydrogen-bond acceptors (Lipinski definition) is 5. The maximum absolute atomic E-state index is 12.2. The number of para-hydroxylation sites is 1. The molecule has 0 saturated carbocycles. The van der Waals surface area contributed by atoms with E-state index in [1.54, 1.807) is 24.7 Å². The number of carbonyl (C=O) groups is 1. The molecule has 0 bridgehead atoms. The van der Waals surface area contributed by atoms with Crippen LogP contribution in [0, 0.1) is 0 Å². The van der Waals surface area contributed by atoms with Crippen LogP contribution in [0.2, 0.25) is 0 Å². The molecule has 0 saturated heterocycles. The van der Waals surface area contributed by atoms with Crippen LogP contribution in [-0.4, -0.2) is 10.9 Å². The van der Waals surface area contributed by atoms with Crippen molar-refractivity contribution in [3.05, 3.63) is 60.2 Å². The van der Waals surface area contributed by atoms with Crippen LogP contribution >= 0.6 is 0 Å². The van der Waals surface area contributed by atoms with Crippen LogP contribution in [0.5, 0.6) is 0 Å². The minimum atomic E-state index is -0.265. The van der Waals surface area contributed by atoms with E-state index in [0.29, 0.717) is 23.4 Å². The molecule has 2 heterocycles. The Kier molecular flexibility index (Phi) is 3.53. The van der Waals surface area contributed by atoms with Gasteiger partial charge in [-0.3, -0.25) is 10.6 Å². The molecule has 0 aliphatic heterocycles. The molecule has 3 rings (SSSR count). The first-order valence-corrected chi connectivity index (χ1v) is 6.43. The van der Waals surface area contributed by atoms with Crippen molar-refractivity contribution in [1.29, 1.82) is 0 Å². The van der Waals surface area contributed by atoms with Crippen LogP contribution in [0.15, 0.2) is 53.3 Å². The molecule has 6 nitrogen and oxygen atoms in total. The van der Waals surface area contributed by atoms with Crippen LogP contribution < -0.4 is 16.6 Å². The van der Waals surface area contributed by atoms with E-state index in [0.717, 1.165) is 10.9 Å². The van der Waals surface area contributed by atoms with Crippen LogP contribution in [-0.2, 0) is 6.54 Å². The highest BCUT2D eigenvalue weighted by Gasteiger charge is 2.11. The van der Waals surface area contributed by atoms with E-state index in [1.807, 2.05) is 24.3 Å². The van der Waals surface area contributed by atoms with E-state index in [9.17, 15) is 4.79 Å². The van der Waals surface area contributed by atoms with Crippen LogP contribution in [0.1, 0.15) is 16.1 Å². The van der Waals surface area contributed by atoms with Gasteiger partial charge in [-0.15, -0.1) is 0 Å². The van der Waals surface area contributed by atoms with E-state index in [2.05, 4.69) is 15.7 Å². The topological polar surface area (TPSA) is 93.2 Å². The summed E-state index contributed by atoms with van der Waals surface area (Å²) in [6, 6.07) is 10.9. The molecule has 1 aromatic carbocycles. The second kappa shape index (κ2) is 5.64. The molecule has 1 amide bonds. The Balaban J connectivity index is 1.87. The number of nitrogens with two attached hydrogens (primary N) is 1. The third kappa shape index (κ3) is 2.70. The van der Waals surface area contributed by atoms with Gasteiger partial charge in [0.1, 0.15) is 5.69 Å². The summed E-state index contributed by atoms with van der Waals surface area (Å²) in [5.74, 6) is 5.25. The Bertz CT molecular complexity index is 768. The van der Waals surface area contributed by atoms with Gasteiger partial charge in [0.15, 0.2) is 0 Å². The minimum Gasteiger partial charge on any atom is -0.472 e. The SMILES string of the molecule is NNc1cc(C(=O)NCc2ccoc2)nc2ccccc12. The molecule has 21 heavy (non-hydrogen) atoms. The van der Waals surface area contributed by atoms with Gasteiger partial charge in [-0.2, -0.15) is 0 Å². The first-order chi connectivity index (χ1) is 10.3. The lowest BCUT2D eigenvalue weighted by molar-refractivity contribution is 0.0946. The average molecular weight is 282 g/mol. The fourth-order valence-corrected chi connectivity index (χ4v) is 2.08. The smallest absolute Gasteiger partial charge is 0.270 e. The molecule has 3 aromatic rings. The molecule has 106 valence electrons. The summed E-state index contributed by atoms with van der Waals surface area (Å²) in [5, 5.41) is 3.65. The number of fused-ring (bicyclic) bond motifs is 1. The van der Waals surface area contributed by atoms with Gasteiger partial charge in [0.25, 0.3) is 5.91 Å². The van der Waals surface area contributed by atoms with Crippen molar-refractivity contribution in [2.24, 2.45) is 5.84 Å². The van der Waals surface area contributed by atoms with Gasteiger partial charge in [-0.1, -0.05) is 18.2 Å². The number of nitrogens with one attached hydrogen (secondary N) is 2. The summed E-state index contributed by atoms with van der Waals surface area (Å²) in [6.07, 6.45) is 3.15. The number of benzene rings is 1. The fourth-order valence-electron chi connectivity index (χ4n) is 2.08. The molecule has 2 aromatic heterocycles. The van der Waals surface area contributed by atoms with Gasteiger partial charge in [0.05, 0.1) is 23.7 Å². The van der Waals surface area contributed by atoms with Crippen molar-refractivity contribution < 1.29 is 9.21 Å². The average Bonchev–Trinajstić information content (AvgIpc) is 3.04. The molecule has 0 fully saturated rings. The molecule has 4 N–H and O–H groups in total. The molecule has 0 spiro atoms. The number of hydrazine groups is 1. The van der Waals surface area contributed by atoms with Gasteiger partial charge >= 0.3 is 0 Å². The molecule has 0 radical (unpaired) electrons. The highest BCUT2D eigenvalue weighted by molar-refractivity contribution is 5.99. The number of nitrogen functional groups attached to an aromatic ring is 1. The minimum absolute atomic E-state index is 0.265. The summed E-state index contributed by atoms with van der Waals surface area (Å²) >= 11 is 0. The zero-order valence-electron chi connectivity index (χ0n) is 11.2. The summed E-state index contributed by atoms with van der Waals surface area (Å²) in [6.45, 7) is 0.384. The molecule has 0 unspecified atom stereocenters. The Labute approximate surface area is 120 Å². The highest BCUT2D eigenvalue weighted by Crippen LogP contribution is 2.22. The lowest BCUT2D eigenvalue weighted by atomic mass is 10.1. The maximum atomic E-state index is 12.2. The summed E-state index contributed by atoms with van der Waals surface area (Å²) in [4.78, 5) is 16.5. The van der Waals surface area contributed by atoms with E-state index >= 15 is 0 Å².